The van der Waals surface area contributed by atoms with Crippen LogP contribution in [0, 0.1) is 11.3 Å². The number of hydrogen-bond acceptors (Lipinski definition) is 5. The van der Waals surface area contributed by atoms with E-state index in [1.807, 2.05) is 54.6 Å². The van der Waals surface area contributed by atoms with Crippen LogP contribution in [0.3, 0.4) is 0 Å². The molecule has 1 saturated heterocycles. The number of amides is 1. The molecule has 0 radical (unpaired) electrons. The predicted octanol–water partition coefficient (Wildman–Crippen LogP) is 4.15. The number of aromatic nitrogens is 1. The van der Waals surface area contributed by atoms with Gasteiger partial charge in [-0.15, -0.1) is 0 Å². The molecule has 1 aliphatic rings. The first kappa shape index (κ1) is 17.6. The van der Waals surface area contributed by atoms with Crippen LogP contribution in [0.15, 0.2) is 66.9 Å². The van der Waals surface area contributed by atoms with Gasteiger partial charge >= 0.3 is 6.09 Å². The van der Waals surface area contributed by atoms with Gasteiger partial charge in [0.25, 0.3) is 0 Å². The highest BCUT2D eigenvalue weighted by Gasteiger charge is 2.36. The minimum Gasteiger partial charge on any atom is -0.497 e. The topological polar surface area (TPSA) is 84.2 Å². The van der Waals surface area contributed by atoms with Gasteiger partial charge < -0.3 is 14.8 Å². The van der Waals surface area contributed by atoms with Gasteiger partial charge in [0, 0.05) is 11.8 Å². The maximum absolute atomic E-state index is 12.0. The molecule has 6 heteroatoms. The number of carbonyl (C=O) groups is 1. The SMILES string of the molecule is COc1cccc([C@H]2OC(=O)N[C@@H]2c2cccc(-c3cccnc3C#N)c2)c1. The van der Waals surface area contributed by atoms with E-state index in [0.717, 1.165) is 22.3 Å². The maximum atomic E-state index is 12.0. The molecule has 1 amide bonds. The van der Waals surface area contributed by atoms with Crippen molar-refractivity contribution < 1.29 is 14.3 Å². The third-order valence-corrected chi connectivity index (χ3v) is 4.70. The van der Waals surface area contributed by atoms with Crippen LogP contribution in [-0.2, 0) is 4.74 Å². The van der Waals surface area contributed by atoms with Gasteiger partial charge in [-0.25, -0.2) is 9.78 Å². The van der Waals surface area contributed by atoms with Crippen molar-refractivity contribution in [3.05, 3.63) is 83.7 Å². The third kappa shape index (κ3) is 3.26. The molecular formula is C22H17N3O3. The Hall–Kier alpha value is -3.85. The summed E-state index contributed by atoms with van der Waals surface area (Å²) in [6.45, 7) is 0. The Bertz CT molecular complexity index is 1070. The zero-order valence-corrected chi connectivity index (χ0v) is 15.1. The number of nitrogens with one attached hydrogen (secondary N) is 1. The van der Waals surface area contributed by atoms with E-state index in [0.29, 0.717) is 11.4 Å². The fourth-order valence-corrected chi connectivity index (χ4v) is 3.38. The number of carbonyl (C=O) groups excluding carboxylic acids is 1. The van der Waals surface area contributed by atoms with Crippen LogP contribution in [0.5, 0.6) is 5.75 Å². The van der Waals surface area contributed by atoms with Gasteiger partial charge in [0.15, 0.2) is 6.10 Å². The summed E-state index contributed by atoms with van der Waals surface area (Å²) < 4.78 is 10.8. The van der Waals surface area contributed by atoms with E-state index in [4.69, 9.17) is 9.47 Å². The van der Waals surface area contributed by atoms with Crippen LogP contribution in [0.2, 0.25) is 0 Å². The van der Waals surface area contributed by atoms with Gasteiger partial charge in [-0.2, -0.15) is 5.26 Å². The Morgan fingerprint density at radius 1 is 1.11 bits per heavy atom. The predicted molar refractivity (Wildman–Crippen MR) is 102 cm³/mol. The molecule has 2 aromatic carbocycles. The molecule has 0 aliphatic carbocycles. The lowest BCUT2D eigenvalue weighted by molar-refractivity contribution is 0.132. The Kier molecular flexibility index (Phi) is 4.65. The Labute approximate surface area is 162 Å². The Morgan fingerprint density at radius 3 is 2.75 bits per heavy atom. The van der Waals surface area contributed by atoms with E-state index < -0.39 is 12.2 Å². The van der Waals surface area contributed by atoms with Crippen molar-refractivity contribution >= 4 is 6.09 Å². The monoisotopic (exact) mass is 371 g/mol. The van der Waals surface area contributed by atoms with Gasteiger partial charge in [-0.1, -0.05) is 30.3 Å². The zero-order chi connectivity index (χ0) is 19.5. The molecule has 0 spiro atoms. The van der Waals surface area contributed by atoms with Crippen molar-refractivity contribution in [2.24, 2.45) is 0 Å². The van der Waals surface area contributed by atoms with Crippen LogP contribution in [0.25, 0.3) is 11.1 Å². The Morgan fingerprint density at radius 2 is 1.93 bits per heavy atom. The average Bonchev–Trinajstić information content (AvgIpc) is 3.15. The molecule has 1 N–H and O–H groups in total. The second-order valence-corrected chi connectivity index (χ2v) is 6.36. The highest BCUT2D eigenvalue weighted by Crippen LogP contribution is 2.38. The zero-order valence-electron chi connectivity index (χ0n) is 15.1. The fraction of sp³-hybridized carbons (Fsp3) is 0.136. The van der Waals surface area contributed by atoms with Gasteiger partial charge in [0.2, 0.25) is 0 Å². The van der Waals surface area contributed by atoms with E-state index in [1.165, 1.54) is 0 Å². The van der Waals surface area contributed by atoms with Crippen molar-refractivity contribution in [1.29, 1.82) is 5.26 Å². The van der Waals surface area contributed by atoms with Crippen LogP contribution in [0.1, 0.15) is 29.0 Å². The van der Waals surface area contributed by atoms with Crippen LogP contribution >= 0.6 is 0 Å². The highest BCUT2D eigenvalue weighted by molar-refractivity contribution is 5.73. The summed E-state index contributed by atoms with van der Waals surface area (Å²) in [5, 5.41) is 12.2. The van der Waals surface area contributed by atoms with E-state index in [1.54, 1.807) is 19.4 Å². The molecule has 6 nitrogen and oxygen atoms in total. The second kappa shape index (κ2) is 7.41. The quantitative estimate of drug-likeness (QED) is 0.745. The van der Waals surface area contributed by atoms with Crippen molar-refractivity contribution in [1.82, 2.24) is 10.3 Å². The van der Waals surface area contributed by atoms with Crippen molar-refractivity contribution in [3.63, 3.8) is 0 Å². The standard InChI is InChI=1S/C22H17N3O3/c1-27-17-8-3-7-16(12-17)21-20(25-22(26)28-21)15-6-2-5-14(11-15)18-9-4-10-24-19(18)13-23/h2-12,20-21H,1H3,(H,25,26)/t20-,21-/m1/s1. The number of rotatable bonds is 4. The number of benzene rings is 2. The van der Waals surface area contributed by atoms with Gasteiger partial charge in [0.1, 0.15) is 17.5 Å². The molecule has 1 fully saturated rings. The first-order chi connectivity index (χ1) is 13.7. The van der Waals surface area contributed by atoms with Gasteiger partial charge in [-0.05, 0) is 47.0 Å². The van der Waals surface area contributed by atoms with Crippen molar-refractivity contribution in [3.8, 4) is 22.9 Å². The molecule has 138 valence electrons. The molecular weight excluding hydrogens is 354 g/mol. The van der Waals surface area contributed by atoms with Crippen LogP contribution < -0.4 is 10.1 Å². The molecule has 0 saturated carbocycles. The van der Waals surface area contributed by atoms with Gasteiger partial charge in [0.05, 0.1) is 13.2 Å². The third-order valence-electron chi connectivity index (χ3n) is 4.70. The lowest BCUT2D eigenvalue weighted by atomic mass is 9.93. The normalized spacial score (nSPS) is 18.1. The number of cyclic esters (lactones) is 1. The maximum Gasteiger partial charge on any atom is 0.408 e. The molecule has 3 aromatic rings. The summed E-state index contributed by atoms with van der Waals surface area (Å²) in [5.41, 5.74) is 3.68. The summed E-state index contributed by atoms with van der Waals surface area (Å²) >= 11 is 0. The average molecular weight is 371 g/mol. The molecule has 1 aromatic heterocycles. The minimum absolute atomic E-state index is 0.357. The number of hydrogen-bond donors (Lipinski definition) is 1. The van der Waals surface area contributed by atoms with Crippen molar-refractivity contribution in [2.45, 2.75) is 12.1 Å². The minimum atomic E-state index is -0.484. The van der Waals surface area contributed by atoms with Crippen LogP contribution in [-0.4, -0.2) is 18.2 Å². The van der Waals surface area contributed by atoms with E-state index in [2.05, 4.69) is 16.4 Å². The lowest BCUT2D eigenvalue weighted by Crippen LogP contribution is -2.19. The number of pyridine rings is 1. The summed E-state index contributed by atoms with van der Waals surface area (Å²) in [6, 6.07) is 20.6. The summed E-state index contributed by atoms with van der Waals surface area (Å²) in [4.78, 5) is 16.1. The van der Waals surface area contributed by atoms with Crippen LogP contribution in [0.4, 0.5) is 4.79 Å². The summed E-state index contributed by atoms with van der Waals surface area (Å²) in [5.74, 6) is 0.696. The van der Waals surface area contributed by atoms with E-state index in [-0.39, 0.29) is 6.04 Å². The Balaban J connectivity index is 1.73. The molecule has 1 aliphatic heterocycles. The summed E-state index contributed by atoms with van der Waals surface area (Å²) in [6.07, 6.45) is 0.639. The number of alkyl carbamates (subject to hydrolysis) is 1. The first-order valence-electron chi connectivity index (χ1n) is 8.76. The number of ether oxygens (including phenoxy) is 2. The highest BCUT2D eigenvalue weighted by atomic mass is 16.6. The second-order valence-electron chi connectivity index (χ2n) is 6.36. The van der Waals surface area contributed by atoms with E-state index in [9.17, 15) is 10.1 Å². The number of nitrogens with zero attached hydrogens (tertiary/aromatic N) is 2. The lowest BCUT2D eigenvalue weighted by Gasteiger charge is -2.19. The number of methoxy groups -OCH3 is 1. The molecule has 4 rings (SSSR count). The van der Waals surface area contributed by atoms with E-state index >= 15 is 0 Å². The van der Waals surface area contributed by atoms with Gasteiger partial charge in [-0.3, -0.25) is 0 Å². The molecule has 0 bridgehead atoms. The number of nitriles is 1. The first-order valence-corrected chi connectivity index (χ1v) is 8.76. The largest absolute Gasteiger partial charge is 0.497 e. The smallest absolute Gasteiger partial charge is 0.408 e. The molecule has 28 heavy (non-hydrogen) atoms. The molecule has 2 heterocycles. The molecule has 0 unspecified atom stereocenters. The molecule has 2 atom stereocenters. The summed E-state index contributed by atoms with van der Waals surface area (Å²) in [7, 11) is 1.60. The van der Waals surface area contributed by atoms with Crippen molar-refractivity contribution in [2.75, 3.05) is 7.11 Å². The fourth-order valence-electron chi connectivity index (χ4n) is 3.38.